The molecule has 13 heteroatoms. The largest absolute Gasteiger partial charge is 0.473 e. The first-order valence-corrected chi connectivity index (χ1v) is 22.5. The van der Waals surface area contributed by atoms with E-state index in [-0.39, 0.29) is 61.0 Å². The van der Waals surface area contributed by atoms with E-state index in [9.17, 15) is 32.4 Å². The zero-order chi connectivity index (χ0) is 40.0. The van der Waals surface area contributed by atoms with Crippen LogP contribution in [-0.4, -0.2) is 71.5 Å². The molecule has 2 amide bonds. The van der Waals surface area contributed by atoms with Crippen molar-refractivity contribution in [2.75, 3.05) is 6.54 Å². The van der Waals surface area contributed by atoms with Gasteiger partial charge in [0.15, 0.2) is 11.7 Å². The summed E-state index contributed by atoms with van der Waals surface area (Å²) in [5.41, 5.74) is -2.01. The molecule has 5 aliphatic rings. The van der Waals surface area contributed by atoms with E-state index in [2.05, 4.69) is 4.72 Å². The maximum absolute atomic E-state index is 14.9. The number of benzene rings is 1. The Balaban J connectivity index is 1.23. The number of nitrogens with one attached hydrogen (secondary N) is 1. The Hall–Kier alpha value is -3.74. The Morgan fingerprint density at radius 2 is 1.68 bits per heavy atom. The van der Waals surface area contributed by atoms with Crippen LogP contribution in [0.25, 0.3) is 10.8 Å². The summed E-state index contributed by atoms with van der Waals surface area (Å²) in [5.74, 6) is -2.12. The number of Topliss-reactive ketones (excluding diaryl/α,β-unsaturated/α-hetero) is 1. The number of carbonyl (C=O) groups is 4. The fourth-order valence-electron chi connectivity index (χ4n) is 9.66. The van der Waals surface area contributed by atoms with Gasteiger partial charge < -0.3 is 14.4 Å². The number of nitrogens with zero attached hydrogens (tertiary/aromatic N) is 2. The molecule has 4 fully saturated rings. The highest BCUT2D eigenvalue weighted by Gasteiger charge is 2.62. The van der Waals surface area contributed by atoms with Gasteiger partial charge in [0, 0.05) is 30.8 Å². The summed E-state index contributed by atoms with van der Waals surface area (Å²) in [5, 5.41) is 0.725. The molecular weight excluding hydrogens is 735 g/mol. The van der Waals surface area contributed by atoms with Gasteiger partial charge in [0.05, 0.1) is 35.6 Å². The maximum Gasteiger partial charge on any atom is 0.306 e. The highest BCUT2D eigenvalue weighted by molar-refractivity contribution is 7.90. The third-order valence-corrected chi connectivity index (χ3v) is 15.2. The Bertz CT molecular complexity index is 2020. The van der Waals surface area contributed by atoms with Crippen LogP contribution in [-0.2, 0) is 40.5 Å². The number of sulfonamides is 1. The number of amides is 2. The van der Waals surface area contributed by atoms with E-state index in [1.807, 2.05) is 52.0 Å². The van der Waals surface area contributed by atoms with Gasteiger partial charge in [-0.1, -0.05) is 71.6 Å². The number of aromatic nitrogens is 1. The van der Waals surface area contributed by atoms with Crippen molar-refractivity contribution in [3.8, 4) is 5.88 Å². The normalized spacial score (nSPS) is 30.6. The van der Waals surface area contributed by atoms with Crippen LogP contribution >= 0.6 is 0 Å². The van der Waals surface area contributed by atoms with Gasteiger partial charge >= 0.3 is 5.97 Å². The van der Waals surface area contributed by atoms with Crippen molar-refractivity contribution in [1.29, 1.82) is 0 Å². The van der Waals surface area contributed by atoms with E-state index >= 15 is 0 Å². The lowest BCUT2D eigenvalue weighted by molar-refractivity contribution is -0.158. The predicted octanol–water partition coefficient (Wildman–Crippen LogP) is 6.06. The summed E-state index contributed by atoms with van der Waals surface area (Å²) in [4.78, 5) is 72.3. The number of hydrogen-bond donors (Lipinski definition) is 1. The van der Waals surface area contributed by atoms with Crippen LogP contribution in [0.15, 0.2) is 35.1 Å². The minimum Gasteiger partial charge on any atom is -0.473 e. The summed E-state index contributed by atoms with van der Waals surface area (Å²) in [6.45, 7) is 8.12. The summed E-state index contributed by atoms with van der Waals surface area (Å²) < 4.78 is 42.4. The molecule has 2 aliphatic heterocycles. The van der Waals surface area contributed by atoms with Crippen molar-refractivity contribution in [3.05, 3.63) is 40.7 Å². The van der Waals surface area contributed by atoms with Gasteiger partial charge in [0.25, 0.3) is 5.56 Å². The number of ketones is 1. The Morgan fingerprint density at radius 1 is 0.946 bits per heavy atom. The van der Waals surface area contributed by atoms with Crippen molar-refractivity contribution in [2.24, 2.45) is 28.6 Å². The molecular formula is C43H59N3O9S. The molecule has 3 aliphatic carbocycles. The number of fused-ring (bicyclic) bond motifs is 5. The van der Waals surface area contributed by atoms with Gasteiger partial charge in [-0.2, -0.15) is 0 Å². The molecule has 3 heterocycles. The average molecular weight is 794 g/mol. The number of pyridine rings is 1. The third-order valence-electron chi connectivity index (χ3n) is 13.3. The van der Waals surface area contributed by atoms with Crippen LogP contribution in [0.5, 0.6) is 5.88 Å². The zero-order valence-corrected chi connectivity index (χ0v) is 34.2. The SMILES string of the molecule is CC[C@@H]1C[C@]1(CC(=O)[C@@H]1C[C@@H]2CN1C(=O)[C@H](C(C)(C)C)CC(=O)O[C@@H]1CCC[C@H]1CCCCCCn1c(cc3ccccc3c1=O)O2)C(=O)NS(=O)(=O)C1CC1. The minimum absolute atomic E-state index is 0.0368. The smallest absolute Gasteiger partial charge is 0.306 e. The lowest BCUT2D eigenvalue weighted by Crippen LogP contribution is -2.48. The van der Waals surface area contributed by atoms with Gasteiger partial charge in [-0.05, 0) is 80.1 Å². The Morgan fingerprint density at radius 3 is 2.39 bits per heavy atom. The van der Waals surface area contributed by atoms with Crippen LogP contribution in [0.1, 0.15) is 124 Å². The molecule has 2 aromatic rings. The van der Waals surface area contributed by atoms with E-state index in [4.69, 9.17) is 9.47 Å². The molecule has 56 heavy (non-hydrogen) atoms. The summed E-state index contributed by atoms with van der Waals surface area (Å²) in [6, 6.07) is 8.24. The third kappa shape index (κ3) is 8.43. The Labute approximate surface area is 330 Å². The van der Waals surface area contributed by atoms with Crippen molar-refractivity contribution in [3.63, 3.8) is 0 Å². The number of hydrogen-bond acceptors (Lipinski definition) is 9. The van der Waals surface area contributed by atoms with Gasteiger partial charge in [0.2, 0.25) is 21.8 Å². The molecule has 2 bridgehead atoms. The molecule has 0 spiro atoms. The number of ether oxygens (including phenoxy) is 2. The molecule has 1 aromatic heterocycles. The first kappa shape index (κ1) is 40.5. The van der Waals surface area contributed by atoms with E-state index in [1.165, 1.54) is 4.90 Å². The highest BCUT2D eigenvalue weighted by Crippen LogP contribution is 2.58. The topological polar surface area (TPSA) is 158 Å². The molecule has 1 saturated heterocycles. The van der Waals surface area contributed by atoms with Crippen LogP contribution < -0.4 is 15.0 Å². The summed E-state index contributed by atoms with van der Waals surface area (Å²) >= 11 is 0. The fourth-order valence-corrected chi connectivity index (χ4v) is 11.0. The Kier molecular flexibility index (Phi) is 11.5. The lowest BCUT2D eigenvalue weighted by Gasteiger charge is -2.35. The van der Waals surface area contributed by atoms with Gasteiger partial charge in [0.1, 0.15) is 12.2 Å². The first-order valence-electron chi connectivity index (χ1n) is 21.0. The summed E-state index contributed by atoms with van der Waals surface area (Å²) in [6.07, 6.45) is 8.29. The number of esters is 1. The van der Waals surface area contributed by atoms with Gasteiger partial charge in [-0.3, -0.25) is 33.3 Å². The monoisotopic (exact) mass is 793 g/mol. The molecule has 306 valence electrons. The standard InChI is InChI=1S/C43H59N3O9S/c1-5-29-24-43(29,41(51)44-56(52,53)31-18-19-31)25-35(47)34-22-30-26-46(34)40(50)33(42(2,3)4)23-38(48)55-36-17-12-15-27(36)13-8-6-7-11-20-45-37(54-30)21-28-14-9-10-16-32(28)39(45)49/h9-10,14,16,21,27,29-31,33-34,36H,5-8,11-13,15,17-20,22-26H2,1-4H3,(H,44,51)/t27-,29-,30-,33-,34+,36-,43-/m1/s1. The first-order chi connectivity index (χ1) is 26.6. The van der Waals surface area contributed by atoms with E-state index < -0.39 is 56.0 Å². The molecule has 12 nitrogen and oxygen atoms in total. The maximum atomic E-state index is 14.9. The molecule has 0 unspecified atom stereocenters. The second-order valence-corrected chi connectivity index (χ2v) is 20.3. The van der Waals surface area contributed by atoms with Gasteiger partial charge in [-0.15, -0.1) is 0 Å². The molecule has 3 saturated carbocycles. The highest BCUT2D eigenvalue weighted by atomic mass is 32.2. The van der Waals surface area contributed by atoms with E-state index in [1.54, 1.807) is 10.6 Å². The summed E-state index contributed by atoms with van der Waals surface area (Å²) in [7, 11) is -3.83. The van der Waals surface area contributed by atoms with Crippen LogP contribution in [0.4, 0.5) is 0 Å². The number of carbonyl (C=O) groups excluding carboxylic acids is 4. The molecule has 1 aromatic carbocycles. The van der Waals surface area contributed by atoms with E-state index in [0.29, 0.717) is 43.5 Å². The fraction of sp³-hybridized carbons (Fsp3) is 0.698. The molecule has 7 rings (SSSR count). The van der Waals surface area contributed by atoms with Crippen molar-refractivity contribution in [2.45, 2.75) is 154 Å². The van der Waals surface area contributed by atoms with Crippen molar-refractivity contribution in [1.82, 2.24) is 14.2 Å². The minimum atomic E-state index is -3.83. The van der Waals surface area contributed by atoms with Crippen molar-refractivity contribution < 1.29 is 37.1 Å². The predicted molar refractivity (Wildman–Crippen MR) is 211 cm³/mol. The molecule has 1 N–H and O–H groups in total. The zero-order valence-electron chi connectivity index (χ0n) is 33.4. The average Bonchev–Trinajstić information content (AvgIpc) is 4.04. The van der Waals surface area contributed by atoms with Crippen LogP contribution in [0.3, 0.4) is 0 Å². The lowest BCUT2D eigenvalue weighted by atomic mass is 9.77. The second-order valence-electron chi connectivity index (χ2n) is 18.3. The molecule has 7 atom stereocenters. The van der Waals surface area contributed by atoms with Crippen LogP contribution in [0, 0.1) is 28.6 Å². The van der Waals surface area contributed by atoms with E-state index in [0.717, 1.165) is 56.8 Å². The van der Waals surface area contributed by atoms with Crippen LogP contribution in [0.2, 0.25) is 0 Å². The molecule has 0 radical (unpaired) electrons. The second kappa shape index (κ2) is 15.9. The quantitative estimate of drug-likeness (QED) is 0.329. The van der Waals surface area contributed by atoms with Crippen molar-refractivity contribution >= 4 is 44.4 Å². The van der Waals surface area contributed by atoms with Gasteiger partial charge in [-0.25, -0.2) is 8.42 Å². The number of rotatable bonds is 7.